The number of rotatable bonds is 9. The Morgan fingerprint density at radius 1 is 1.28 bits per heavy atom. The van der Waals surface area contributed by atoms with Gasteiger partial charge in [0.2, 0.25) is 0 Å². The number of nitrogens with zero attached hydrogens (tertiary/aromatic N) is 2. The van der Waals surface area contributed by atoms with Gasteiger partial charge in [-0.15, -0.1) is 0 Å². The van der Waals surface area contributed by atoms with Crippen molar-refractivity contribution in [2.24, 2.45) is 0 Å². The van der Waals surface area contributed by atoms with E-state index in [9.17, 15) is 0 Å². The highest BCUT2D eigenvalue weighted by molar-refractivity contribution is 7.98. The van der Waals surface area contributed by atoms with Crippen LogP contribution in [0.5, 0.6) is 0 Å². The van der Waals surface area contributed by atoms with Crippen molar-refractivity contribution in [3.63, 3.8) is 0 Å². The summed E-state index contributed by atoms with van der Waals surface area (Å²) >= 11 is 1.99. The van der Waals surface area contributed by atoms with Crippen LogP contribution in [0.25, 0.3) is 0 Å². The van der Waals surface area contributed by atoms with Crippen LogP contribution in [0, 0.1) is 0 Å². The first-order chi connectivity index (χ1) is 8.80. The van der Waals surface area contributed by atoms with Crippen molar-refractivity contribution in [3.8, 4) is 0 Å². The van der Waals surface area contributed by atoms with Crippen LogP contribution in [0.1, 0.15) is 26.3 Å². The molecule has 0 aliphatic rings. The van der Waals surface area contributed by atoms with Crippen LogP contribution in [0.4, 0.5) is 5.82 Å². The molecule has 1 aromatic rings. The van der Waals surface area contributed by atoms with Crippen molar-refractivity contribution < 1.29 is 0 Å². The zero-order valence-corrected chi connectivity index (χ0v) is 12.6. The van der Waals surface area contributed by atoms with Gasteiger partial charge in [-0.1, -0.05) is 13.8 Å². The molecule has 0 aromatic carbocycles. The minimum atomic E-state index is 0.922. The number of anilines is 1. The van der Waals surface area contributed by atoms with E-state index in [1.807, 2.05) is 18.0 Å². The predicted octanol–water partition coefficient (Wildman–Crippen LogP) is 3.09. The van der Waals surface area contributed by atoms with Crippen LogP contribution in [-0.4, -0.2) is 41.8 Å². The van der Waals surface area contributed by atoms with E-state index >= 15 is 0 Å². The van der Waals surface area contributed by atoms with Crippen LogP contribution in [0.2, 0.25) is 0 Å². The smallest absolute Gasteiger partial charge is 0.126 e. The van der Waals surface area contributed by atoms with E-state index in [1.54, 1.807) is 0 Å². The molecule has 1 heterocycles. The van der Waals surface area contributed by atoms with Gasteiger partial charge in [0, 0.05) is 30.8 Å². The molecule has 0 atom stereocenters. The van der Waals surface area contributed by atoms with E-state index < -0.39 is 0 Å². The quantitative estimate of drug-likeness (QED) is 0.696. The number of hydrogen-bond acceptors (Lipinski definition) is 4. The molecule has 0 unspecified atom stereocenters. The Morgan fingerprint density at radius 2 is 2.06 bits per heavy atom. The molecule has 4 heteroatoms. The van der Waals surface area contributed by atoms with Gasteiger partial charge >= 0.3 is 0 Å². The van der Waals surface area contributed by atoms with E-state index in [1.165, 1.54) is 17.9 Å². The number of hydrogen-bond donors (Lipinski definition) is 1. The summed E-state index contributed by atoms with van der Waals surface area (Å²) in [6, 6.07) is 4.25. The molecule has 0 saturated carbocycles. The Morgan fingerprint density at radius 3 is 2.72 bits per heavy atom. The monoisotopic (exact) mass is 267 g/mol. The zero-order chi connectivity index (χ0) is 13.2. The van der Waals surface area contributed by atoms with E-state index in [0.717, 1.165) is 31.2 Å². The van der Waals surface area contributed by atoms with Gasteiger partial charge in [0.05, 0.1) is 0 Å². The minimum absolute atomic E-state index is 0.922. The molecule has 0 radical (unpaired) electrons. The highest BCUT2D eigenvalue weighted by Gasteiger charge is 2.00. The maximum Gasteiger partial charge on any atom is 0.126 e. The summed E-state index contributed by atoms with van der Waals surface area (Å²) in [5.74, 6) is 3.25. The zero-order valence-electron chi connectivity index (χ0n) is 11.8. The molecule has 0 aliphatic carbocycles. The molecule has 1 rings (SSSR count). The third kappa shape index (κ3) is 5.74. The topological polar surface area (TPSA) is 28.2 Å². The van der Waals surface area contributed by atoms with Gasteiger partial charge in [-0.2, -0.15) is 11.8 Å². The van der Waals surface area contributed by atoms with Crippen molar-refractivity contribution in [2.75, 3.05) is 37.2 Å². The third-order valence-electron chi connectivity index (χ3n) is 2.90. The van der Waals surface area contributed by atoms with Crippen LogP contribution in [-0.2, 0) is 5.75 Å². The molecule has 18 heavy (non-hydrogen) atoms. The molecule has 102 valence electrons. The van der Waals surface area contributed by atoms with Gasteiger partial charge in [0.25, 0.3) is 0 Å². The van der Waals surface area contributed by atoms with Crippen LogP contribution in [0.15, 0.2) is 18.3 Å². The highest BCUT2D eigenvalue weighted by atomic mass is 32.2. The molecule has 0 saturated heterocycles. The maximum absolute atomic E-state index is 4.28. The van der Waals surface area contributed by atoms with Crippen molar-refractivity contribution in [3.05, 3.63) is 23.9 Å². The van der Waals surface area contributed by atoms with Crippen LogP contribution >= 0.6 is 11.8 Å². The van der Waals surface area contributed by atoms with E-state index in [0.29, 0.717) is 0 Å². The van der Waals surface area contributed by atoms with Gasteiger partial charge in [-0.05, 0) is 37.7 Å². The largest absolute Gasteiger partial charge is 0.370 e. The average molecular weight is 267 g/mol. The lowest BCUT2D eigenvalue weighted by molar-refractivity contribution is 0.324. The fourth-order valence-corrected chi connectivity index (χ4v) is 2.71. The Kier molecular flexibility index (Phi) is 7.85. The average Bonchev–Trinajstić information content (AvgIpc) is 2.40. The van der Waals surface area contributed by atoms with Crippen molar-refractivity contribution >= 4 is 17.6 Å². The molecule has 1 aromatic heterocycles. The van der Waals surface area contributed by atoms with Crippen LogP contribution < -0.4 is 5.32 Å². The normalized spacial score (nSPS) is 10.9. The second kappa shape index (κ2) is 9.22. The highest BCUT2D eigenvalue weighted by Crippen LogP contribution is 2.14. The summed E-state index contributed by atoms with van der Waals surface area (Å²) in [7, 11) is 0. The third-order valence-corrected chi connectivity index (χ3v) is 3.91. The molecule has 0 amide bonds. The van der Waals surface area contributed by atoms with Crippen molar-refractivity contribution in [1.29, 1.82) is 0 Å². The minimum Gasteiger partial charge on any atom is -0.370 e. The first-order valence-electron chi connectivity index (χ1n) is 6.79. The Balaban J connectivity index is 2.28. The Hall–Kier alpha value is -0.740. The van der Waals surface area contributed by atoms with E-state index in [2.05, 4.69) is 48.1 Å². The summed E-state index contributed by atoms with van der Waals surface area (Å²) < 4.78 is 0. The summed E-state index contributed by atoms with van der Waals surface area (Å²) in [6.07, 6.45) is 1.89. The lowest BCUT2D eigenvalue weighted by Gasteiger charge is -2.17. The summed E-state index contributed by atoms with van der Waals surface area (Å²) in [4.78, 5) is 6.75. The van der Waals surface area contributed by atoms with Gasteiger partial charge in [0.15, 0.2) is 0 Å². The molecule has 0 bridgehead atoms. The van der Waals surface area contributed by atoms with Gasteiger partial charge < -0.3 is 10.2 Å². The first-order valence-corrected chi connectivity index (χ1v) is 7.94. The fourth-order valence-electron chi connectivity index (χ4n) is 1.77. The van der Waals surface area contributed by atoms with Crippen molar-refractivity contribution in [1.82, 2.24) is 9.88 Å². The van der Waals surface area contributed by atoms with Gasteiger partial charge in [-0.3, -0.25) is 0 Å². The summed E-state index contributed by atoms with van der Waals surface area (Å²) in [5, 5.41) is 3.25. The van der Waals surface area contributed by atoms with E-state index in [-0.39, 0.29) is 0 Å². The first kappa shape index (κ1) is 15.3. The SMILES string of the molecule is CCNc1cc(CSCCN(CC)CC)ccn1. The number of aromatic nitrogens is 1. The summed E-state index contributed by atoms with van der Waals surface area (Å²) in [5.41, 5.74) is 1.35. The number of pyridine rings is 1. The van der Waals surface area contributed by atoms with Gasteiger partial charge in [0.1, 0.15) is 5.82 Å². The van der Waals surface area contributed by atoms with Crippen LogP contribution in [0.3, 0.4) is 0 Å². The molecule has 1 N–H and O–H groups in total. The molecule has 0 aliphatic heterocycles. The lowest BCUT2D eigenvalue weighted by atomic mass is 10.3. The maximum atomic E-state index is 4.28. The van der Waals surface area contributed by atoms with E-state index in [4.69, 9.17) is 0 Å². The van der Waals surface area contributed by atoms with Gasteiger partial charge in [-0.25, -0.2) is 4.98 Å². The summed E-state index contributed by atoms with van der Waals surface area (Å²) in [6.45, 7) is 10.9. The molecule has 0 spiro atoms. The Bertz CT molecular complexity index is 327. The Labute approximate surface area is 115 Å². The standard InChI is InChI=1S/C14H25N3S/c1-4-15-14-11-13(7-8-16-14)12-18-10-9-17(5-2)6-3/h7-8,11H,4-6,9-10,12H2,1-3H3,(H,15,16). The molecular weight excluding hydrogens is 242 g/mol. The number of thioether (sulfide) groups is 1. The second-order valence-electron chi connectivity index (χ2n) is 4.16. The fraction of sp³-hybridized carbons (Fsp3) is 0.643. The number of nitrogens with one attached hydrogen (secondary N) is 1. The predicted molar refractivity (Wildman–Crippen MR) is 82.4 cm³/mol. The molecule has 3 nitrogen and oxygen atoms in total. The second-order valence-corrected chi connectivity index (χ2v) is 5.26. The van der Waals surface area contributed by atoms with Crippen molar-refractivity contribution in [2.45, 2.75) is 26.5 Å². The molecule has 0 fully saturated rings. The molecular formula is C14H25N3S. The lowest BCUT2D eigenvalue weighted by Crippen LogP contribution is -2.25.